The van der Waals surface area contributed by atoms with Gasteiger partial charge in [-0.25, -0.2) is 0 Å². The fourth-order valence-corrected chi connectivity index (χ4v) is 1.58. The molecule has 0 unspecified atom stereocenters. The van der Waals surface area contributed by atoms with Crippen LogP contribution in [-0.2, 0) is 6.54 Å². The van der Waals surface area contributed by atoms with E-state index in [-0.39, 0.29) is 5.54 Å². The van der Waals surface area contributed by atoms with Crippen LogP contribution in [0.3, 0.4) is 0 Å². The first kappa shape index (κ1) is 15.0. The summed E-state index contributed by atoms with van der Waals surface area (Å²) in [6, 6.07) is 2.02. The van der Waals surface area contributed by atoms with E-state index < -0.39 is 0 Å². The second kappa shape index (κ2) is 7.37. The van der Waals surface area contributed by atoms with Gasteiger partial charge in [-0.3, -0.25) is 4.98 Å². The standard InChI is InChI=1S/C15H26N2O/c1-5-6-7-10-18-14-12-16-9-8-13(14)11-17-15(2,3)4/h8-9,12,17H,5-7,10-11H2,1-4H3. The largest absolute Gasteiger partial charge is 0.492 e. The highest BCUT2D eigenvalue weighted by Crippen LogP contribution is 2.17. The first-order valence-electron chi connectivity index (χ1n) is 6.83. The molecule has 0 saturated carbocycles. The van der Waals surface area contributed by atoms with Gasteiger partial charge in [0.25, 0.3) is 0 Å². The van der Waals surface area contributed by atoms with Crippen molar-refractivity contribution in [2.45, 2.75) is 59.0 Å². The smallest absolute Gasteiger partial charge is 0.142 e. The van der Waals surface area contributed by atoms with Gasteiger partial charge in [0, 0.05) is 23.8 Å². The number of hydrogen-bond donors (Lipinski definition) is 1. The average Bonchev–Trinajstić information content (AvgIpc) is 2.32. The lowest BCUT2D eigenvalue weighted by atomic mass is 10.1. The molecule has 1 aromatic heterocycles. The van der Waals surface area contributed by atoms with E-state index in [1.807, 2.05) is 18.5 Å². The van der Waals surface area contributed by atoms with Crippen molar-refractivity contribution < 1.29 is 4.74 Å². The molecule has 0 bridgehead atoms. The van der Waals surface area contributed by atoms with Gasteiger partial charge in [0.05, 0.1) is 12.8 Å². The van der Waals surface area contributed by atoms with E-state index in [1.54, 1.807) is 0 Å². The van der Waals surface area contributed by atoms with Crippen LogP contribution in [0.4, 0.5) is 0 Å². The minimum absolute atomic E-state index is 0.114. The Labute approximate surface area is 111 Å². The van der Waals surface area contributed by atoms with Crippen LogP contribution in [0.15, 0.2) is 18.5 Å². The van der Waals surface area contributed by atoms with Gasteiger partial charge in [-0.05, 0) is 33.3 Å². The highest BCUT2D eigenvalue weighted by atomic mass is 16.5. The van der Waals surface area contributed by atoms with E-state index in [2.05, 4.69) is 38.0 Å². The van der Waals surface area contributed by atoms with Crippen LogP contribution in [0.5, 0.6) is 5.75 Å². The zero-order chi connectivity index (χ0) is 13.4. The van der Waals surface area contributed by atoms with Gasteiger partial charge >= 0.3 is 0 Å². The lowest BCUT2D eigenvalue weighted by Gasteiger charge is -2.21. The van der Waals surface area contributed by atoms with Crippen molar-refractivity contribution in [3.8, 4) is 5.75 Å². The van der Waals surface area contributed by atoms with Crippen molar-refractivity contribution >= 4 is 0 Å². The summed E-state index contributed by atoms with van der Waals surface area (Å²) < 4.78 is 5.80. The maximum atomic E-state index is 5.80. The van der Waals surface area contributed by atoms with Crippen LogP contribution < -0.4 is 10.1 Å². The molecule has 0 atom stereocenters. The van der Waals surface area contributed by atoms with Gasteiger partial charge in [-0.2, -0.15) is 0 Å². The minimum atomic E-state index is 0.114. The monoisotopic (exact) mass is 250 g/mol. The first-order valence-corrected chi connectivity index (χ1v) is 6.83. The van der Waals surface area contributed by atoms with E-state index in [4.69, 9.17) is 4.74 Å². The van der Waals surface area contributed by atoms with Crippen LogP contribution in [0.1, 0.15) is 52.5 Å². The molecular formula is C15H26N2O. The van der Waals surface area contributed by atoms with Gasteiger partial charge in [-0.15, -0.1) is 0 Å². The van der Waals surface area contributed by atoms with E-state index in [0.717, 1.165) is 25.3 Å². The highest BCUT2D eigenvalue weighted by molar-refractivity contribution is 5.29. The van der Waals surface area contributed by atoms with E-state index in [9.17, 15) is 0 Å². The maximum Gasteiger partial charge on any atom is 0.142 e. The lowest BCUT2D eigenvalue weighted by Crippen LogP contribution is -2.35. The zero-order valence-corrected chi connectivity index (χ0v) is 12.1. The Kier molecular flexibility index (Phi) is 6.13. The normalized spacial score (nSPS) is 11.6. The number of pyridine rings is 1. The molecule has 0 aliphatic heterocycles. The van der Waals surface area contributed by atoms with Crippen molar-refractivity contribution in [2.75, 3.05) is 6.61 Å². The molecule has 3 nitrogen and oxygen atoms in total. The van der Waals surface area contributed by atoms with Crippen LogP contribution in [-0.4, -0.2) is 17.1 Å². The molecule has 1 N–H and O–H groups in total. The number of ether oxygens (including phenoxy) is 1. The first-order chi connectivity index (χ1) is 8.53. The number of rotatable bonds is 7. The summed E-state index contributed by atoms with van der Waals surface area (Å²) in [5.41, 5.74) is 1.29. The van der Waals surface area contributed by atoms with E-state index >= 15 is 0 Å². The average molecular weight is 250 g/mol. The molecule has 0 aliphatic rings. The molecule has 0 saturated heterocycles. The molecule has 3 heteroatoms. The lowest BCUT2D eigenvalue weighted by molar-refractivity contribution is 0.299. The fourth-order valence-electron chi connectivity index (χ4n) is 1.58. The molecule has 18 heavy (non-hydrogen) atoms. The summed E-state index contributed by atoms with van der Waals surface area (Å²) in [5, 5.41) is 3.47. The molecule has 0 spiro atoms. The third-order valence-electron chi connectivity index (χ3n) is 2.68. The maximum absolute atomic E-state index is 5.80. The van der Waals surface area contributed by atoms with Crippen molar-refractivity contribution in [3.05, 3.63) is 24.0 Å². The second-order valence-electron chi connectivity index (χ2n) is 5.64. The summed E-state index contributed by atoms with van der Waals surface area (Å²) >= 11 is 0. The Bertz CT molecular complexity index is 345. The molecule has 0 amide bonds. The van der Waals surface area contributed by atoms with Gasteiger partial charge in [-0.1, -0.05) is 19.8 Å². The number of hydrogen-bond acceptors (Lipinski definition) is 3. The number of nitrogens with zero attached hydrogens (tertiary/aromatic N) is 1. The Morgan fingerprint density at radius 1 is 1.28 bits per heavy atom. The second-order valence-corrected chi connectivity index (χ2v) is 5.64. The predicted octanol–water partition coefficient (Wildman–Crippen LogP) is 3.54. The van der Waals surface area contributed by atoms with Gasteiger partial charge in [0.2, 0.25) is 0 Å². The molecule has 0 radical (unpaired) electrons. The Morgan fingerprint density at radius 3 is 2.72 bits per heavy atom. The summed E-state index contributed by atoms with van der Waals surface area (Å²) in [7, 11) is 0. The number of aromatic nitrogens is 1. The van der Waals surface area contributed by atoms with Crippen LogP contribution >= 0.6 is 0 Å². The van der Waals surface area contributed by atoms with Crippen molar-refractivity contribution in [1.82, 2.24) is 10.3 Å². The summed E-state index contributed by atoms with van der Waals surface area (Å²) in [5.74, 6) is 0.908. The number of nitrogens with one attached hydrogen (secondary N) is 1. The third-order valence-corrected chi connectivity index (χ3v) is 2.68. The summed E-state index contributed by atoms with van der Waals surface area (Å²) in [6.45, 7) is 10.3. The molecule has 0 fully saturated rings. The molecule has 0 aromatic carbocycles. The Balaban J connectivity index is 2.51. The topological polar surface area (TPSA) is 34.1 Å². The SMILES string of the molecule is CCCCCOc1cnccc1CNC(C)(C)C. The van der Waals surface area contributed by atoms with E-state index in [1.165, 1.54) is 18.4 Å². The molecule has 102 valence electrons. The summed E-state index contributed by atoms with van der Waals surface area (Å²) in [6.07, 6.45) is 7.17. The quantitative estimate of drug-likeness (QED) is 0.752. The van der Waals surface area contributed by atoms with Crippen molar-refractivity contribution in [3.63, 3.8) is 0 Å². The molecular weight excluding hydrogens is 224 g/mol. The Morgan fingerprint density at radius 2 is 2.06 bits per heavy atom. The zero-order valence-electron chi connectivity index (χ0n) is 12.1. The predicted molar refractivity (Wildman–Crippen MR) is 75.8 cm³/mol. The van der Waals surface area contributed by atoms with Crippen LogP contribution in [0.2, 0.25) is 0 Å². The summed E-state index contributed by atoms with van der Waals surface area (Å²) in [4.78, 5) is 4.14. The molecule has 1 rings (SSSR count). The molecule has 0 aliphatic carbocycles. The van der Waals surface area contributed by atoms with Gasteiger partial charge in [0.1, 0.15) is 5.75 Å². The van der Waals surface area contributed by atoms with E-state index in [0.29, 0.717) is 0 Å². The minimum Gasteiger partial charge on any atom is -0.492 e. The molecule has 1 heterocycles. The van der Waals surface area contributed by atoms with Crippen molar-refractivity contribution in [2.24, 2.45) is 0 Å². The van der Waals surface area contributed by atoms with Gasteiger partial charge in [0.15, 0.2) is 0 Å². The van der Waals surface area contributed by atoms with Crippen molar-refractivity contribution in [1.29, 1.82) is 0 Å². The third kappa shape index (κ3) is 6.01. The van der Waals surface area contributed by atoms with Gasteiger partial charge < -0.3 is 10.1 Å². The molecule has 1 aromatic rings. The van der Waals surface area contributed by atoms with Crippen LogP contribution in [0, 0.1) is 0 Å². The Hall–Kier alpha value is -1.09. The highest BCUT2D eigenvalue weighted by Gasteiger charge is 2.10. The fraction of sp³-hybridized carbons (Fsp3) is 0.667. The van der Waals surface area contributed by atoms with Crippen LogP contribution in [0.25, 0.3) is 0 Å². The number of unbranched alkanes of at least 4 members (excludes halogenated alkanes) is 2.